The van der Waals surface area contributed by atoms with Crippen LogP contribution in [-0.2, 0) is 0 Å². The molecule has 0 atom stereocenters. The molecule has 0 unspecified atom stereocenters. The summed E-state index contributed by atoms with van der Waals surface area (Å²) in [4.78, 5) is 13.5. The van der Waals surface area contributed by atoms with Crippen LogP contribution < -0.4 is 9.80 Å². The Hall–Kier alpha value is -2.74. The van der Waals surface area contributed by atoms with E-state index >= 15 is 0 Å². The first-order valence-electron chi connectivity index (χ1n) is 8.63. The van der Waals surface area contributed by atoms with Gasteiger partial charge in [-0.2, -0.15) is 0 Å². The molecule has 0 spiro atoms. The van der Waals surface area contributed by atoms with E-state index in [1.165, 1.54) is 6.07 Å². The molecule has 0 saturated carbocycles. The van der Waals surface area contributed by atoms with Crippen LogP contribution in [0.2, 0.25) is 0 Å². The van der Waals surface area contributed by atoms with E-state index in [9.17, 15) is 4.39 Å². The average molecular weight is 368 g/mol. The summed E-state index contributed by atoms with van der Waals surface area (Å²) in [5, 5.41) is 5.61. The minimum atomic E-state index is -0.212. The summed E-state index contributed by atoms with van der Waals surface area (Å²) in [6, 6.07) is 8.80. The van der Waals surface area contributed by atoms with Gasteiger partial charge in [0.2, 0.25) is 0 Å². The minimum Gasteiger partial charge on any atom is -0.353 e. The third-order valence-corrected chi connectivity index (χ3v) is 5.75. The molecule has 4 heterocycles. The van der Waals surface area contributed by atoms with Gasteiger partial charge in [0, 0.05) is 38.6 Å². The van der Waals surface area contributed by atoms with Crippen molar-refractivity contribution in [3.05, 3.63) is 48.5 Å². The molecular weight excluding hydrogens is 351 g/mol. The van der Waals surface area contributed by atoms with E-state index in [4.69, 9.17) is 0 Å². The standard InChI is InChI=1S/C18H17FN6S/c19-13-2-3-14-15(12-13)26-18(21-14)24-8-1-7-23(10-11-24)17-5-4-16-20-6-9-25(16)22-17/h2-6,9,12H,1,7-8,10-11H2. The Morgan fingerprint density at radius 1 is 1.00 bits per heavy atom. The number of imidazole rings is 1. The molecule has 1 aromatic carbocycles. The van der Waals surface area contributed by atoms with Crippen LogP contribution >= 0.6 is 11.3 Å². The molecule has 8 heteroatoms. The van der Waals surface area contributed by atoms with Crippen molar-refractivity contribution in [1.82, 2.24) is 19.6 Å². The molecule has 0 bridgehead atoms. The summed E-state index contributed by atoms with van der Waals surface area (Å²) in [5.41, 5.74) is 1.71. The van der Waals surface area contributed by atoms with E-state index in [1.807, 2.05) is 18.3 Å². The van der Waals surface area contributed by atoms with E-state index in [0.29, 0.717) is 0 Å². The highest BCUT2D eigenvalue weighted by Crippen LogP contribution is 2.30. The maximum absolute atomic E-state index is 13.4. The zero-order chi connectivity index (χ0) is 17.5. The first-order valence-corrected chi connectivity index (χ1v) is 9.44. The van der Waals surface area contributed by atoms with Gasteiger partial charge in [0.1, 0.15) is 11.6 Å². The fraction of sp³-hybridized carbons (Fsp3) is 0.278. The maximum Gasteiger partial charge on any atom is 0.186 e. The lowest BCUT2D eigenvalue weighted by molar-refractivity contribution is 0.630. The molecule has 6 nitrogen and oxygen atoms in total. The molecule has 5 rings (SSSR count). The summed E-state index contributed by atoms with van der Waals surface area (Å²) >= 11 is 1.56. The summed E-state index contributed by atoms with van der Waals surface area (Å²) in [6.45, 7) is 3.62. The molecule has 1 saturated heterocycles. The van der Waals surface area contributed by atoms with Gasteiger partial charge in [0.25, 0.3) is 0 Å². The Balaban J connectivity index is 1.37. The number of halogens is 1. The number of thiazole rings is 1. The highest BCUT2D eigenvalue weighted by atomic mass is 32.1. The molecule has 26 heavy (non-hydrogen) atoms. The van der Waals surface area contributed by atoms with Crippen molar-refractivity contribution in [2.45, 2.75) is 6.42 Å². The zero-order valence-corrected chi connectivity index (χ0v) is 14.9. The van der Waals surface area contributed by atoms with Crippen LogP contribution in [0, 0.1) is 5.82 Å². The first kappa shape index (κ1) is 15.5. The first-order chi connectivity index (χ1) is 12.8. The van der Waals surface area contributed by atoms with E-state index < -0.39 is 0 Å². The Kier molecular flexibility index (Phi) is 3.70. The van der Waals surface area contributed by atoms with E-state index in [1.54, 1.807) is 34.2 Å². The van der Waals surface area contributed by atoms with Crippen molar-refractivity contribution in [2.24, 2.45) is 0 Å². The summed E-state index contributed by atoms with van der Waals surface area (Å²) < 4.78 is 16.1. The number of benzene rings is 1. The Morgan fingerprint density at radius 3 is 2.85 bits per heavy atom. The number of hydrogen-bond donors (Lipinski definition) is 0. The average Bonchev–Trinajstić information content (AvgIpc) is 3.20. The SMILES string of the molecule is Fc1ccc2nc(N3CCCN(c4ccc5nccn5n4)CC3)sc2c1. The van der Waals surface area contributed by atoms with Crippen molar-refractivity contribution < 1.29 is 4.39 Å². The van der Waals surface area contributed by atoms with Gasteiger partial charge in [0.15, 0.2) is 10.8 Å². The van der Waals surface area contributed by atoms with Crippen LogP contribution in [0.15, 0.2) is 42.7 Å². The second kappa shape index (κ2) is 6.21. The summed E-state index contributed by atoms with van der Waals surface area (Å²) in [6.07, 6.45) is 4.64. The maximum atomic E-state index is 13.4. The van der Waals surface area contributed by atoms with Crippen molar-refractivity contribution in [1.29, 1.82) is 0 Å². The topological polar surface area (TPSA) is 49.6 Å². The molecule has 1 aliphatic heterocycles. The molecule has 132 valence electrons. The lowest BCUT2D eigenvalue weighted by Crippen LogP contribution is -2.31. The predicted octanol–water partition coefficient (Wildman–Crippen LogP) is 3.19. The van der Waals surface area contributed by atoms with Crippen molar-refractivity contribution >= 4 is 38.2 Å². The van der Waals surface area contributed by atoms with Crippen LogP contribution in [-0.4, -0.2) is 45.8 Å². The molecule has 1 fully saturated rings. The molecule has 0 N–H and O–H groups in total. The third-order valence-electron chi connectivity index (χ3n) is 4.67. The van der Waals surface area contributed by atoms with E-state index in [2.05, 4.69) is 24.9 Å². The largest absolute Gasteiger partial charge is 0.353 e. The molecule has 1 aliphatic rings. The lowest BCUT2D eigenvalue weighted by atomic mass is 10.3. The van der Waals surface area contributed by atoms with Gasteiger partial charge < -0.3 is 9.80 Å². The molecular formula is C18H17FN6S. The number of aromatic nitrogens is 4. The predicted molar refractivity (Wildman–Crippen MR) is 102 cm³/mol. The van der Waals surface area contributed by atoms with E-state index in [0.717, 1.165) is 59.4 Å². The van der Waals surface area contributed by atoms with Crippen molar-refractivity contribution in [3.63, 3.8) is 0 Å². The molecule has 0 aliphatic carbocycles. The van der Waals surface area contributed by atoms with Gasteiger partial charge in [-0.3, -0.25) is 0 Å². The Labute approximate surface area is 153 Å². The van der Waals surface area contributed by atoms with Gasteiger partial charge in [-0.05, 0) is 36.8 Å². The number of hydrogen-bond acceptors (Lipinski definition) is 6. The van der Waals surface area contributed by atoms with Gasteiger partial charge in [-0.25, -0.2) is 18.9 Å². The van der Waals surface area contributed by atoms with Gasteiger partial charge in [-0.1, -0.05) is 11.3 Å². The Morgan fingerprint density at radius 2 is 1.88 bits per heavy atom. The molecule has 3 aromatic heterocycles. The fourth-order valence-electron chi connectivity index (χ4n) is 3.33. The number of fused-ring (bicyclic) bond motifs is 2. The molecule has 0 radical (unpaired) electrons. The zero-order valence-electron chi connectivity index (χ0n) is 14.0. The van der Waals surface area contributed by atoms with Crippen LogP contribution in [0.1, 0.15) is 6.42 Å². The summed E-state index contributed by atoms with van der Waals surface area (Å²) in [5.74, 6) is 0.749. The third kappa shape index (κ3) is 2.76. The highest BCUT2D eigenvalue weighted by Gasteiger charge is 2.19. The number of rotatable bonds is 2. The monoisotopic (exact) mass is 368 g/mol. The van der Waals surface area contributed by atoms with Crippen molar-refractivity contribution in [3.8, 4) is 0 Å². The quantitative estimate of drug-likeness (QED) is 0.544. The smallest absolute Gasteiger partial charge is 0.186 e. The second-order valence-electron chi connectivity index (χ2n) is 6.36. The van der Waals surface area contributed by atoms with E-state index in [-0.39, 0.29) is 5.82 Å². The fourth-order valence-corrected chi connectivity index (χ4v) is 4.38. The van der Waals surface area contributed by atoms with Gasteiger partial charge >= 0.3 is 0 Å². The number of anilines is 2. The van der Waals surface area contributed by atoms with Crippen LogP contribution in [0.25, 0.3) is 15.9 Å². The number of nitrogens with zero attached hydrogens (tertiary/aromatic N) is 6. The normalized spacial score (nSPS) is 15.7. The second-order valence-corrected chi connectivity index (χ2v) is 7.37. The Bertz CT molecular complexity index is 1070. The van der Waals surface area contributed by atoms with Crippen LogP contribution in [0.3, 0.4) is 0 Å². The molecule has 4 aromatic rings. The highest BCUT2D eigenvalue weighted by molar-refractivity contribution is 7.22. The van der Waals surface area contributed by atoms with Crippen molar-refractivity contribution in [2.75, 3.05) is 36.0 Å². The minimum absolute atomic E-state index is 0.212. The van der Waals surface area contributed by atoms with Crippen LogP contribution in [0.5, 0.6) is 0 Å². The van der Waals surface area contributed by atoms with Gasteiger partial charge in [-0.15, -0.1) is 5.10 Å². The van der Waals surface area contributed by atoms with Gasteiger partial charge in [0.05, 0.1) is 10.2 Å². The summed E-state index contributed by atoms with van der Waals surface area (Å²) in [7, 11) is 0. The van der Waals surface area contributed by atoms with Crippen LogP contribution in [0.4, 0.5) is 15.3 Å². The molecule has 0 amide bonds. The lowest BCUT2D eigenvalue weighted by Gasteiger charge is -2.22.